The highest BCUT2D eigenvalue weighted by Crippen LogP contribution is 2.37. The number of methoxy groups -OCH3 is 1. The Balaban J connectivity index is 1.36. The Kier molecular flexibility index (Phi) is 7.79. The number of aromatic carboxylic acids is 1. The van der Waals surface area contributed by atoms with Gasteiger partial charge in [-0.15, -0.1) is 0 Å². The van der Waals surface area contributed by atoms with E-state index in [-0.39, 0.29) is 24.6 Å². The van der Waals surface area contributed by atoms with Crippen molar-refractivity contribution < 1.29 is 28.6 Å². The third-order valence-electron chi connectivity index (χ3n) is 5.84. The number of furan rings is 1. The van der Waals surface area contributed by atoms with E-state index < -0.39 is 5.97 Å². The first-order chi connectivity index (χ1) is 19.0. The van der Waals surface area contributed by atoms with E-state index in [1.807, 2.05) is 42.5 Å². The minimum atomic E-state index is -0.977. The van der Waals surface area contributed by atoms with Gasteiger partial charge in [-0.2, -0.15) is 0 Å². The lowest BCUT2D eigenvalue weighted by molar-refractivity contribution is -0.122. The van der Waals surface area contributed by atoms with Gasteiger partial charge in [0.05, 0.1) is 36.1 Å². The summed E-state index contributed by atoms with van der Waals surface area (Å²) in [6.45, 7) is 0.511. The van der Waals surface area contributed by atoms with Crippen molar-refractivity contribution >= 4 is 40.6 Å². The highest BCUT2D eigenvalue weighted by Gasteiger charge is 2.34. The molecule has 0 spiro atoms. The van der Waals surface area contributed by atoms with Gasteiger partial charge in [0.15, 0.2) is 16.7 Å². The maximum Gasteiger partial charge on any atom is 0.335 e. The average molecular weight is 541 g/mol. The number of amides is 1. The van der Waals surface area contributed by atoms with Gasteiger partial charge in [0.2, 0.25) is 0 Å². The average Bonchev–Trinajstić information content (AvgIpc) is 3.57. The van der Waals surface area contributed by atoms with Crippen molar-refractivity contribution in [1.82, 2.24) is 4.90 Å². The van der Waals surface area contributed by atoms with Gasteiger partial charge in [0.25, 0.3) is 5.91 Å². The van der Waals surface area contributed by atoms with Gasteiger partial charge in [0.1, 0.15) is 12.4 Å². The molecule has 4 aromatic rings. The molecule has 2 heterocycles. The standard InChI is InChI=1S/C30H24N2O6S/c1-36-26-16-21(11-14-25(26)38-19-20-9-12-22(13-10-20)29(34)35)17-27-28(33)32(18-24-8-5-15-37-24)30(39-27)31-23-6-3-2-4-7-23/h2-17H,18-19H2,1H3,(H,34,35)/b27-17-,31-30?. The van der Waals surface area contributed by atoms with E-state index in [4.69, 9.17) is 24.0 Å². The predicted octanol–water partition coefficient (Wildman–Crippen LogP) is 6.37. The summed E-state index contributed by atoms with van der Waals surface area (Å²) in [6, 6.07) is 25.0. The minimum absolute atomic E-state index is 0.171. The van der Waals surface area contributed by atoms with Crippen LogP contribution < -0.4 is 9.47 Å². The number of rotatable bonds is 9. The number of benzene rings is 3. The zero-order chi connectivity index (χ0) is 27.2. The number of carbonyl (C=O) groups is 2. The Morgan fingerprint density at radius 2 is 1.82 bits per heavy atom. The molecular formula is C30H24N2O6S. The number of amidine groups is 1. The third-order valence-corrected chi connectivity index (χ3v) is 6.85. The van der Waals surface area contributed by atoms with Crippen LogP contribution in [0.2, 0.25) is 0 Å². The van der Waals surface area contributed by atoms with Gasteiger partial charge >= 0.3 is 5.97 Å². The molecule has 0 unspecified atom stereocenters. The topological polar surface area (TPSA) is 102 Å². The van der Waals surface area contributed by atoms with E-state index in [0.29, 0.717) is 27.3 Å². The van der Waals surface area contributed by atoms with Crippen LogP contribution in [0.4, 0.5) is 5.69 Å². The van der Waals surface area contributed by atoms with E-state index in [0.717, 1.165) is 16.8 Å². The molecule has 39 heavy (non-hydrogen) atoms. The molecule has 1 aliphatic rings. The van der Waals surface area contributed by atoms with Gasteiger partial charge in [-0.05, 0) is 77.5 Å². The van der Waals surface area contributed by atoms with Gasteiger partial charge in [-0.3, -0.25) is 9.69 Å². The van der Waals surface area contributed by atoms with Crippen LogP contribution in [0.15, 0.2) is 106 Å². The van der Waals surface area contributed by atoms with E-state index in [1.54, 1.807) is 54.7 Å². The lowest BCUT2D eigenvalue weighted by atomic mass is 10.1. The molecule has 1 amide bonds. The summed E-state index contributed by atoms with van der Waals surface area (Å²) >= 11 is 1.30. The molecule has 1 N–H and O–H groups in total. The number of carboxylic acids is 1. The second-order valence-corrected chi connectivity index (χ2v) is 9.52. The lowest BCUT2D eigenvalue weighted by Crippen LogP contribution is -2.28. The molecular weight excluding hydrogens is 516 g/mol. The number of ether oxygens (including phenoxy) is 2. The zero-order valence-electron chi connectivity index (χ0n) is 20.9. The molecule has 9 heteroatoms. The number of hydrogen-bond acceptors (Lipinski definition) is 7. The van der Waals surface area contributed by atoms with Crippen molar-refractivity contribution in [2.75, 3.05) is 7.11 Å². The predicted molar refractivity (Wildman–Crippen MR) is 149 cm³/mol. The van der Waals surface area contributed by atoms with Crippen molar-refractivity contribution in [2.24, 2.45) is 4.99 Å². The first kappa shape index (κ1) is 25.9. The summed E-state index contributed by atoms with van der Waals surface area (Å²) in [5.41, 5.74) is 2.55. The highest BCUT2D eigenvalue weighted by molar-refractivity contribution is 8.18. The van der Waals surface area contributed by atoms with E-state index >= 15 is 0 Å². The van der Waals surface area contributed by atoms with Crippen LogP contribution in [0.1, 0.15) is 27.2 Å². The van der Waals surface area contributed by atoms with Crippen molar-refractivity contribution in [1.29, 1.82) is 0 Å². The number of aliphatic imine (C=N–C) groups is 1. The van der Waals surface area contributed by atoms with Crippen LogP contribution in [0.25, 0.3) is 6.08 Å². The van der Waals surface area contributed by atoms with Gasteiger partial charge in [0, 0.05) is 0 Å². The Hall–Kier alpha value is -4.76. The number of thioether (sulfide) groups is 1. The van der Waals surface area contributed by atoms with Crippen molar-refractivity contribution in [2.45, 2.75) is 13.2 Å². The summed E-state index contributed by atoms with van der Waals surface area (Å²) < 4.78 is 16.9. The van der Waals surface area contributed by atoms with Crippen molar-refractivity contribution in [3.63, 3.8) is 0 Å². The van der Waals surface area contributed by atoms with Crippen LogP contribution in [0.5, 0.6) is 11.5 Å². The van der Waals surface area contributed by atoms with Gasteiger partial charge < -0.3 is 19.0 Å². The molecule has 0 radical (unpaired) electrons. The van der Waals surface area contributed by atoms with E-state index in [9.17, 15) is 9.59 Å². The molecule has 1 fully saturated rings. The van der Waals surface area contributed by atoms with Crippen molar-refractivity contribution in [3.05, 3.63) is 119 Å². The smallest absolute Gasteiger partial charge is 0.335 e. The second kappa shape index (κ2) is 11.7. The van der Waals surface area contributed by atoms with E-state index in [2.05, 4.69) is 0 Å². The quantitative estimate of drug-likeness (QED) is 0.246. The largest absolute Gasteiger partial charge is 0.493 e. The van der Waals surface area contributed by atoms with Crippen molar-refractivity contribution in [3.8, 4) is 11.5 Å². The number of carbonyl (C=O) groups excluding carboxylic acids is 1. The number of hydrogen-bond donors (Lipinski definition) is 1. The Morgan fingerprint density at radius 1 is 1.03 bits per heavy atom. The third kappa shape index (κ3) is 6.22. The Bertz CT molecular complexity index is 1530. The molecule has 5 rings (SSSR count). The maximum absolute atomic E-state index is 13.4. The SMILES string of the molecule is COc1cc(/C=C2\SC(=Nc3ccccc3)N(Cc3ccco3)C2=O)ccc1OCc1ccc(C(=O)O)cc1. The monoisotopic (exact) mass is 540 g/mol. The van der Waals surface area contributed by atoms with Crippen LogP contribution >= 0.6 is 11.8 Å². The maximum atomic E-state index is 13.4. The van der Waals surface area contributed by atoms with Crippen LogP contribution in [-0.2, 0) is 17.9 Å². The molecule has 1 aliphatic heterocycles. The fourth-order valence-electron chi connectivity index (χ4n) is 3.85. The number of carboxylic acid groups (broad SMARTS) is 1. The summed E-state index contributed by atoms with van der Waals surface area (Å²) in [4.78, 5) is 31.3. The van der Waals surface area contributed by atoms with E-state index in [1.165, 1.54) is 23.9 Å². The number of para-hydroxylation sites is 1. The summed E-state index contributed by atoms with van der Waals surface area (Å²) in [7, 11) is 1.55. The zero-order valence-corrected chi connectivity index (χ0v) is 21.8. The fourth-order valence-corrected chi connectivity index (χ4v) is 4.85. The minimum Gasteiger partial charge on any atom is -0.493 e. The van der Waals surface area contributed by atoms with Crippen LogP contribution in [0.3, 0.4) is 0 Å². The van der Waals surface area contributed by atoms with Crippen LogP contribution in [0, 0.1) is 0 Å². The summed E-state index contributed by atoms with van der Waals surface area (Å²) in [5, 5.41) is 9.63. The molecule has 8 nitrogen and oxygen atoms in total. The Labute approximate surface area is 229 Å². The molecule has 0 atom stereocenters. The molecule has 1 saturated heterocycles. The molecule has 0 aliphatic carbocycles. The van der Waals surface area contributed by atoms with Gasteiger partial charge in [-0.25, -0.2) is 9.79 Å². The molecule has 3 aromatic carbocycles. The molecule has 1 aromatic heterocycles. The Morgan fingerprint density at radius 3 is 2.51 bits per heavy atom. The van der Waals surface area contributed by atoms with Crippen LogP contribution in [-0.4, -0.2) is 34.2 Å². The summed E-state index contributed by atoms with van der Waals surface area (Å²) in [6.07, 6.45) is 3.38. The second-order valence-electron chi connectivity index (χ2n) is 8.51. The van der Waals surface area contributed by atoms with Gasteiger partial charge in [-0.1, -0.05) is 36.4 Å². The molecule has 0 saturated carbocycles. The lowest BCUT2D eigenvalue weighted by Gasteiger charge is -2.13. The highest BCUT2D eigenvalue weighted by atomic mass is 32.2. The fraction of sp³-hybridized carbons (Fsp3) is 0.100. The summed E-state index contributed by atoms with van der Waals surface area (Å²) in [5.74, 6) is 0.544. The first-order valence-electron chi connectivity index (χ1n) is 12.0. The molecule has 196 valence electrons. The normalized spacial score (nSPS) is 15.2. The first-order valence-corrected chi connectivity index (χ1v) is 12.8. The molecule has 0 bridgehead atoms. The number of nitrogens with zero attached hydrogens (tertiary/aromatic N) is 2.